The number of ether oxygens (including phenoxy) is 1. The molecule has 0 amide bonds. The van der Waals surface area contributed by atoms with Gasteiger partial charge in [0.1, 0.15) is 17.1 Å². The van der Waals surface area contributed by atoms with Crippen molar-refractivity contribution in [2.45, 2.75) is 105 Å². The third kappa shape index (κ3) is 7.83. The fourth-order valence-electron chi connectivity index (χ4n) is 4.32. The van der Waals surface area contributed by atoms with Gasteiger partial charge < -0.3 is 9.26 Å². The minimum Gasteiger partial charge on any atom is -0.487 e. The lowest BCUT2D eigenvalue weighted by Gasteiger charge is -2.37. The fraction of sp³-hybridized carbons (Fsp3) is 0.571. The molecule has 2 atom stereocenters. The van der Waals surface area contributed by atoms with Gasteiger partial charge >= 0.3 is 0 Å². The Balaban J connectivity index is 1.86. The molecule has 1 aliphatic heterocycles. The normalized spacial score (nSPS) is 19.0. The van der Waals surface area contributed by atoms with Gasteiger partial charge in [0.15, 0.2) is 0 Å². The van der Waals surface area contributed by atoms with Crippen LogP contribution >= 0.6 is 9.47 Å². The number of rotatable bonds is 10. The summed E-state index contributed by atoms with van der Waals surface area (Å²) >= 11 is 0. The van der Waals surface area contributed by atoms with Crippen molar-refractivity contribution >= 4 is 9.47 Å². The molecule has 2 rings (SSSR count). The highest BCUT2D eigenvalue weighted by atomic mass is 31.0. The van der Waals surface area contributed by atoms with E-state index in [1.54, 1.807) is 0 Å². The lowest BCUT2D eigenvalue weighted by Crippen LogP contribution is -2.36. The summed E-state index contributed by atoms with van der Waals surface area (Å²) in [6.45, 7) is 15.4. The molecule has 31 heavy (non-hydrogen) atoms. The summed E-state index contributed by atoms with van der Waals surface area (Å²) in [6.07, 6.45) is 16.0. The number of hydrogen-bond acceptors (Lipinski definition) is 2. The molecule has 3 heteroatoms. The van der Waals surface area contributed by atoms with Crippen LogP contribution in [0.25, 0.3) is 0 Å². The van der Waals surface area contributed by atoms with Crippen molar-refractivity contribution in [2.75, 3.05) is 0 Å². The first-order chi connectivity index (χ1) is 14.6. The maximum Gasteiger partial charge on any atom is 0.126 e. The Morgan fingerprint density at radius 3 is 2.26 bits per heavy atom. The van der Waals surface area contributed by atoms with E-state index in [2.05, 4.69) is 82.2 Å². The zero-order valence-corrected chi connectivity index (χ0v) is 22.0. The Morgan fingerprint density at radius 2 is 1.65 bits per heavy atom. The fourth-order valence-corrected chi connectivity index (χ4v) is 4.56. The maximum atomic E-state index is 6.57. The van der Waals surface area contributed by atoms with Crippen LogP contribution in [-0.2, 0) is 6.42 Å². The van der Waals surface area contributed by atoms with Crippen molar-refractivity contribution < 1.29 is 9.26 Å². The van der Waals surface area contributed by atoms with Gasteiger partial charge in [0.25, 0.3) is 0 Å². The summed E-state index contributed by atoms with van der Waals surface area (Å²) in [5.41, 5.74) is 8.00. The molecule has 2 nitrogen and oxygen atoms in total. The zero-order valence-electron chi connectivity index (χ0n) is 20.9. The Kier molecular flexibility index (Phi) is 9.89. The molecule has 1 aliphatic rings. The van der Waals surface area contributed by atoms with Gasteiger partial charge in [0.05, 0.1) is 9.47 Å². The highest BCUT2D eigenvalue weighted by Gasteiger charge is 2.33. The van der Waals surface area contributed by atoms with Gasteiger partial charge in [-0.1, -0.05) is 34.9 Å². The Morgan fingerprint density at radius 1 is 1.03 bits per heavy atom. The number of aryl methyl sites for hydroxylation is 1. The monoisotopic (exact) mass is 442 g/mol. The summed E-state index contributed by atoms with van der Waals surface area (Å²) in [4.78, 5) is 0. The molecule has 0 fully saturated rings. The molecule has 1 unspecified atom stereocenters. The highest BCUT2D eigenvalue weighted by molar-refractivity contribution is 7.10. The van der Waals surface area contributed by atoms with E-state index in [0.717, 1.165) is 56.4 Å². The van der Waals surface area contributed by atoms with Crippen LogP contribution in [0.2, 0.25) is 0 Å². The molecule has 0 saturated carbocycles. The molecule has 0 saturated heterocycles. The lowest BCUT2D eigenvalue weighted by molar-refractivity contribution is 0.0560. The molecule has 0 bridgehead atoms. The van der Waals surface area contributed by atoms with Crippen LogP contribution in [0.15, 0.2) is 41.0 Å². The Hall–Kier alpha value is -1.53. The van der Waals surface area contributed by atoms with E-state index in [0.29, 0.717) is 0 Å². The lowest BCUT2D eigenvalue weighted by atomic mass is 9.86. The van der Waals surface area contributed by atoms with E-state index in [4.69, 9.17) is 9.26 Å². The van der Waals surface area contributed by atoms with Crippen LogP contribution in [0, 0.1) is 13.8 Å². The molecule has 0 aliphatic carbocycles. The molecule has 0 aromatic heterocycles. The quantitative estimate of drug-likeness (QED) is 0.266. The van der Waals surface area contributed by atoms with E-state index in [1.165, 1.54) is 39.8 Å². The van der Waals surface area contributed by atoms with Gasteiger partial charge in [-0.3, -0.25) is 0 Å². The van der Waals surface area contributed by atoms with Crippen LogP contribution in [0.4, 0.5) is 0 Å². The average Bonchev–Trinajstić information content (AvgIpc) is 2.70. The summed E-state index contributed by atoms with van der Waals surface area (Å²) in [7, 11) is 2.36. The first-order valence-corrected chi connectivity index (χ1v) is 12.3. The highest BCUT2D eigenvalue weighted by Crippen LogP contribution is 2.43. The molecule has 172 valence electrons. The summed E-state index contributed by atoms with van der Waals surface area (Å²) < 4.78 is 12.0. The molecule has 1 aromatic carbocycles. The maximum absolute atomic E-state index is 6.57. The summed E-state index contributed by atoms with van der Waals surface area (Å²) in [6, 6.07) is 2.09. The number of hydrogen-bond donors (Lipinski definition) is 0. The second-order valence-electron chi connectivity index (χ2n) is 9.79. The van der Waals surface area contributed by atoms with Gasteiger partial charge in [-0.25, -0.2) is 0 Å². The van der Waals surface area contributed by atoms with Crippen LogP contribution < -0.4 is 9.26 Å². The number of fused-ring (bicyclic) bond motifs is 1. The average molecular weight is 443 g/mol. The Labute approximate surface area is 193 Å². The van der Waals surface area contributed by atoms with Crippen molar-refractivity contribution in [3.63, 3.8) is 0 Å². The van der Waals surface area contributed by atoms with Gasteiger partial charge in [-0.15, -0.1) is 0 Å². The molecule has 1 aromatic rings. The van der Waals surface area contributed by atoms with Crippen molar-refractivity contribution in [2.24, 2.45) is 0 Å². The van der Waals surface area contributed by atoms with Gasteiger partial charge in [-0.05, 0) is 117 Å². The van der Waals surface area contributed by atoms with E-state index >= 15 is 0 Å². The summed E-state index contributed by atoms with van der Waals surface area (Å²) in [5, 5.41) is 0. The topological polar surface area (TPSA) is 18.5 Å². The van der Waals surface area contributed by atoms with Crippen molar-refractivity contribution in [1.82, 2.24) is 0 Å². The van der Waals surface area contributed by atoms with Crippen LogP contribution in [0.5, 0.6) is 11.5 Å². The first kappa shape index (κ1) is 25.7. The molecular weight excluding hydrogens is 399 g/mol. The minimum absolute atomic E-state index is 0.0915. The minimum atomic E-state index is -0.0915. The van der Waals surface area contributed by atoms with Crippen LogP contribution in [-0.4, -0.2) is 5.60 Å². The van der Waals surface area contributed by atoms with Gasteiger partial charge in [-0.2, -0.15) is 0 Å². The van der Waals surface area contributed by atoms with E-state index in [1.807, 2.05) is 0 Å². The van der Waals surface area contributed by atoms with Crippen molar-refractivity contribution in [3.05, 3.63) is 57.7 Å². The predicted molar refractivity (Wildman–Crippen MR) is 138 cm³/mol. The standard InChI is InChI=1S/C28H43O2P/c1-20(2)11-8-12-21(3)13-9-14-22(4)15-10-17-28(7)18-16-25-24(6)26(30-31)19-23(5)27(25)29-28/h11,13,15,19H,8-10,12,14,16-18,31H2,1-7H3/b21-13+,22-15+/t28-/m1/s1. The van der Waals surface area contributed by atoms with Gasteiger partial charge in [0, 0.05) is 5.56 Å². The predicted octanol–water partition coefficient (Wildman–Crippen LogP) is 8.76. The van der Waals surface area contributed by atoms with Crippen LogP contribution in [0.1, 0.15) is 96.3 Å². The van der Waals surface area contributed by atoms with E-state index < -0.39 is 0 Å². The second kappa shape index (κ2) is 11.9. The van der Waals surface area contributed by atoms with Crippen molar-refractivity contribution in [3.8, 4) is 11.5 Å². The summed E-state index contributed by atoms with van der Waals surface area (Å²) in [5.74, 6) is 2.01. The molecular formula is C28H43O2P. The molecule has 0 radical (unpaired) electrons. The Bertz CT molecular complexity index is 843. The van der Waals surface area contributed by atoms with Gasteiger partial charge in [0.2, 0.25) is 0 Å². The molecule has 0 spiro atoms. The largest absolute Gasteiger partial charge is 0.487 e. The SMILES string of the molecule is CC(C)=CCC/C(C)=C/CC/C(C)=C/CC[C@]1(C)CCc2c(C)c(OP)cc(C)c2O1. The van der Waals surface area contributed by atoms with Crippen LogP contribution in [0.3, 0.4) is 0 Å². The number of allylic oxidation sites excluding steroid dienone is 6. The van der Waals surface area contributed by atoms with Crippen molar-refractivity contribution in [1.29, 1.82) is 0 Å². The second-order valence-corrected chi connectivity index (χ2v) is 10.0. The van der Waals surface area contributed by atoms with E-state index in [9.17, 15) is 0 Å². The first-order valence-electron chi connectivity index (χ1n) is 11.8. The zero-order chi connectivity index (χ0) is 23.0. The third-order valence-corrected chi connectivity index (χ3v) is 6.72. The molecule has 1 heterocycles. The molecule has 0 N–H and O–H groups in total. The number of benzene rings is 1. The third-order valence-electron chi connectivity index (χ3n) is 6.47. The van der Waals surface area contributed by atoms with E-state index in [-0.39, 0.29) is 5.60 Å². The smallest absolute Gasteiger partial charge is 0.126 e.